The molecular weight excluding hydrogens is 763 g/mol. The van der Waals surface area contributed by atoms with Crippen LogP contribution in [0.4, 0.5) is 0 Å². The van der Waals surface area contributed by atoms with E-state index in [0.29, 0.717) is 23.8 Å². The summed E-state index contributed by atoms with van der Waals surface area (Å²) in [4.78, 5) is 10.8. The van der Waals surface area contributed by atoms with Crippen molar-refractivity contribution in [3.05, 3.63) is 190 Å². The molecule has 0 fully saturated rings. The third kappa shape index (κ3) is 6.43. The lowest BCUT2D eigenvalue weighted by Gasteiger charge is -2.13. The van der Waals surface area contributed by atoms with Gasteiger partial charge < -0.3 is 4.57 Å². The Kier molecular flexibility index (Phi) is 8.92. The molecule has 1 aliphatic carbocycles. The molecule has 8 aromatic rings. The SMILES string of the molecule is CC(=NC(=NCn1c2ccccc2c2cc(-c3ccc4c(c3)-c3c(cc(C)cc3S(=O)(=O)c3ccc(Br)cc3)C4)ccc21)c1ccccc1)c1ccccc1. The molecule has 0 amide bonds. The highest BCUT2D eigenvalue weighted by molar-refractivity contribution is 9.10. The summed E-state index contributed by atoms with van der Waals surface area (Å²) < 4.78 is 31.4. The molecule has 9 rings (SSSR count). The van der Waals surface area contributed by atoms with Gasteiger partial charge in [0.05, 0.1) is 20.8 Å². The predicted octanol–water partition coefficient (Wildman–Crippen LogP) is 11.8. The van der Waals surface area contributed by atoms with Crippen LogP contribution in [0.2, 0.25) is 0 Å². The second-order valence-electron chi connectivity index (χ2n) is 14.0. The van der Waals surface area contributed by atoms with Crippen LogP contribution in [0.3, 0.4) is 0 Å². The van der Waals surface area contributed by atoms with E-state index >= 15 is 0 Å². The number of amidine groups is 1. The fourth-order valence-electron chi connectivity index (χ4n) is 7.78. The van der Waals surface area contributed by atoms with Crippen LogP contribution in [0, 0.1) is 6.92 Å². The first-order chi connectivity index (χ1) is 26.7. The van der Waals surface area contributed by atoms with Crippen molar-refractivity contribution in [1.82, 2.24) is 4.57 Å². The number of aromatic nitrogens is 1. The smallest absolute Gasteiger partial charge is 0.207 e. The van der Waals surface area contributed by atoms with Gasteiger partial charge in [-0.1, -0.05) is 119 Å². The van der Waals surface area contributed by atoms with E-state index in [1.165, 1.54) is 0 Å². The fourth-order valence-corrected chi connectivity index (χ4v) is 9.64. The van der Waals surface area contributed by atoms with Gasteiger partial charge in [-0.3, -0.25) is 0 Å². The molecule has 7 aromatic carbocycles. The number of hydrogen-bond donors (Lipinski definition) is 0. The van der Waals surface area contributed by atoms with E-state index < -0.39 is 9.84 Å². The molecule has 0 aliphatic heterocycles. The molecule has 0 saturated heterocycles. The largest absolute Gasteiger partial charge is 0.320 e. The Morgan fingerprint density at radius 1 is 0.673 bits per heavy atom. The van der Waals surface area contributed by atoms with Crippen molar-refractivity contribution in [2.75, 3.05) is 0 Å². The minimum atomic E-state index is -3.77. The summed E-state index contributed by atoms with van der Waals surface area (Å²) in [6.45, 7) is 4.38. The van der Waals surface area contributed by atoms with Crippen molar-refractivity contribution < 1.29 is 8.42 Å². The molecule has 5 nitrogen and oxygen atoms in total. The van der Waals surface area contributed by atoms with Gasteiger partial charge in [0.15, 0.2) is 5.84 Å². The van der Waals surface area contributed by atoms with E-state index in [1.807, 2.05) is 68.4 Å². The Morgan fingerprint density at radius 2 is 1.33 bits per heavy atom. The molecular formula is C48H36BrN3O2S. The highest BCUT2D eigenvalue weighted by atomic mass is 79.9. The Labute approximate surface area is 329 Å². The molecule has 1 aliphatic rings. The van der Waals surface area contributed by atoms with Crippen LogP contribution < -0.4 is 0 Å². The van der Waals surface area contributed by atoms with Gasteiger partial charge in [0.25, 0.3) is 0 Å². The van der Waals surface area contributed by atoms with E-state index in [-0.39, 0.29) is 4.90 Å². The maximum absolute atomic E-state index is 14.2. The number of benzene rings is 7. The topological polar surface area (TPSA) is 63.8 Å². The van der Waals surface area contributed by atoms with Crippen LogP contribution in [-0.2, 0) is 22.9 Å². The lowest BCUT2D eigenvalue weighted by molar-refractivity contribution is 0.596. The van der Waals surface area contributed by atoms with Crippen molar-refractivity contribution in [2.24, 2.45) is 9.98 Å². The Hall–Kier alpha value is -5.89. The Balaban J connectivity index is 1.13. The summed E-state index contributed by atoms with van der Waals surface area (Å²) in [7, 11) is -3.77. The highest BCUT2D eigenvalue weighted by Gasteiger charge is 2.30. The van der Waals surface area contributed by atoms with Gasteiger partial charge in [-0.15, -0.1) is 0 Å². The molecule has 0 radical (unpaired) electrons. The summed E-state index contributed by atoms with van der Waals surface area (Å²) >= 11 is 3.44. The quantitative estimate of drug-likeness (QED) is 0.119. The first-order valence-corrected chi connectivity index (χ1v) is 20.5. The normalized spacial score (nSPS) is 13.0. The number of aryl methyl sites for hydroxylation is 1. The summed E-state index contributed by atoms with van der Waals surface area (Å²) in [5.41, 5.74) is 12.1. The van der Waals surface area contributed by atoms with Gasteiger partial charge in [0.1, 0.15) is 6.67 Å². The third-order valence-corrected chi connectivity index (χ3v) is 12.8. The van der Waals surface area contributed by atoms with Crippen LogP contribution in [0.25, 0.3) is 44.1 Å². The van der Waals surface area contributed by atoms with Gasteiger partial charge in [0.2, 0.25) is 9.84 Å². The second kappa shape index (κ2) is 14.1. The van der Waals surface area contributed by atoms with Crippen molar-refractivity contribution in [2.45, 2.75) is 36.7 Å². The van der Waals surface area contributed by atoms with Crippen molar-refractivity contribution in [3.63, 3.8) is 0 Å². The summed E-state index contributed by atoms with van der Waals surface area (Å²) in [5, 5.41) is 2.27. The molecule has 55 heavy (non-hydrogen) atoms. The number of hydrogen-bond acceptors (Lipinski definition) is 3. The lowest BCUT2D eigenvalue weighted by atomic mass is 9.97. The number of halogens is 1. The number of rotatable bonds is 7. The molecule has 7 heteroatoms. The zero-order valence-electron chi connectivity index (χ0n) is 30.4. The maximum Gasteiger partial charge on any atom is 0.207 e. The summed E-state index contributed by atoms with van der Waals surface area (Å²) in [5.74, 6) is 0.680. The number of aliphatic imine (C=N–C) groups is 2. The van der Waals surface area contributed by atoms with Crippen LogP contribution in [-0.4, -0.2) is 24.5 Å². The van der Waals surface area contributed by atoms with Gasteiger partial charge in [0, 0.05) is 32.1 Å². The third-order valence-electron chi connectivity index (χ3n) is 10.5. The Bertz CT molecular complexity index is 2950. The molecule has 268 valence electrons. The van der Waals surface area contributed by atoms with Crippen LogP contribution >= 0.6 is 15.9 Å². The van der Waals surface area contributed by atoms with E-state index in [0.717, 1.165) is 82.1 Å². The number of fused-ring (bicyclic) bond motifs is 6. The number of para-hydroxylation sites is 1. The molecule has 0 spiro atoms. The van der Waals surface area contributed by atoms with E-state index in [9.17, 15) is 8.42 Å². The first-order valence-electron chi connectivity index (χ1n) is 18.2. The molecule has 0 N–H and O–H groups in total. The second-order valence-corrected chi connectivity index (χ2v) is 16.9. The van der Waals surface area contributed by atoms with Crippen LogP contribution in [0.15, 0.2) is 182 Å². The lowest BCUT2D eigenvalue weighted by Crippen LogP contribution is -2.06. The average Bonchev–Trinajstić information content (AvgIpc) is 3.74. The molecule has 0 bridgehead atoms. The average molecular weight is 799 g/mol. The van der Waals surface area contributed by atoms with E-state index in [2.05, 4.69) is 99.4 Å². The predicted molar refractivity (Wildman–Crippen MR) is 229 cm³/mol. The van der Waals surface area contributed by atoms with Gasteiger partial charge in [-0.05, 0) is 114 Å². The molecule has 0 unspecified atom stereocenters. The molecule has 0 atom stereocenters. The van der Waals surface area contributed by atoms with Gasteiger partial charge in [-0.2, -0.15) is 0 Å². The minimum Gasteiger partial charge on any atom is -0.320 e. The maximum atomic E-state index is 14.2. The van der Waals surface area contributed by atoms with Crippen LogP contribution in [0.5, 0.6) is 0 Å². The number of nitrogens with zero attached hydrogens (tertiary/aromatic N) is 3. The Morgan fingerprint density at radius 3 is 2.09 bits per heavy atom. The molecule has 1 heterocycles. The van der Waals surface area contributed by atoms with Crippen molar-refractivity contribution in [3.8, 4) is 22.3 Å². The summed E-state index contributed by atoms with van der Waals surface area (Å²) in [6.07, 6.45) is 0.697. The number of sulfone groups is 1. The zero-order valence-corrected chi connectivity index (χ0v) is 32.8. The minimum absolute atomic E-state index is 0.285. The fraction of sp³-hybridized carbons (Fsp3) is 0.0833. The molecule has 1 aromatic heterocycles. The van der Waals surface area contributed by atoms with Gasteiger partial charge >= 0.3 is 0 Å². The van der Waals surface area contributed by atoms with Crippen LogP contribution in [0.1, 0.15) is 34.7 Å². The van der Waals surface area contributed by atoms with Crippen molar-refractivity contribution >= 4 is 59.1 Å². The zero-order chi connectivity index (χ0) is 37.7. The van der Waals surface area contributed by atoms with E-state index in [4.69, 9.17) is 9.98 Å². The van der Waals surface area contributed by atoms with Gasteiger partial charge in [-0.25, -0.2) is 18.4 Å². The molecule has 0 saturated carbocycles. The first kappa shape index (κ1) is 34.9. The summed E-state index contributed by atoms with van der Waals surface area (Å²) in [6, 6.07) is 52.7. The standard InChI is InChI=1S/C48H36BrN3O2S/c1-31-25-38-27-37-18-17-35(28-42(37)47(38)46(26-31)55(53,54)40-22-20-39(49)21-23-40)36-19-24-45-43(29-36)41-15-9-10-16-44(41)52(45)30-50-48(34-13-7-4-8-14-34)51-32(2)33-11-5-3-6-12-33/h3-26,28-29H,27,30H2,1-2H3. The highest BCUT2D eigenvalue weighted by Crippen LogP contribution is 2.45. The van der Waals surface area contributed by atoms with E-state index in [1.54, 1.807) is 24.3 Å². The van der Waals surface area contributed by atoms with Crippen molar-refractivity contribution in [1.29, 1.82) is 0 Å². The monoisotopic (exact) mass is 797 g/mol.